The molecule has 0 unspecified atom stereocenters. The van der Waals surface area contributed by atoms with E-state index in [1.54, 1.807) is 12.4 Å². The highest BCUT2D eigenvalue weighted by molar-refractivity contribution is 5.97. The third-order valence-corrected chi connectivity index (χ3v) is 4.01. The summed E-state index contributed by atoms with van der Waals surface area (Å²) >= 11 is 0. The van der Waals surface area contributed by atoms with Crippen LogP contribution in [-0.4, -0.2) is 18.1 Å². The molecule has 126 valence electrons. The number of nitrogens with one attached hydrogen (secondary N) is 1. The first kappa shape index (κ1) is 16.2. The molecule has 0 saturated carbocycles. The van der Waals surface area contributed by atoms with Gasteiger partial charge in [-0.3, -0.25) is 4.98 Å². The number of aromatic nitrogens is 1. The normalized spacial score (nSPS) is 10.9. The summed E-state index contributed by atoms with van der Waals surface area (Å²) in [6.45, 7) is 6.57. The molecular weight excluding hydrogens is 300 g/mol. The molecule has 2 aromatic heterocycles. The first-order chi connectivity index (χ1) is 11.7. The smallest absolute Gasteiger partial charge is 0.215 e. The van der Waals surface area contributed by atoms with Crippen LogP contribution >= 0.6 is 0 Å². The van der Waals surface area contributed by atoms with Gasteiger partial charge in [0.1, 0.15) is 5.69 Å². The Bertz CT molecular complexity index is 789. The molecule has 0 bridgehead atoms. The van der Waals surface area contributed by atoms with E-state index in [-0.39, 0.29) is 0 Å². The number of nitrogen functional groups attached to an aromatic ring is 1. The van der Waals surface area contributed by atoms with E-state index in [1.807, 2.05) is 6.07 Å². The SMILES string of the molecule is CCCN(CCC)c1ccc(Nc2c(N)oc3cnccc23)cc1. The lowest BCUT2D eigenvalue weighted by Crippen LogP contribution is -2.24. The summed E-state index contributed by atoms with van der Waals surface area (Å²) in [6.07, 6.45) is 5.70. The Morgan fingerprint density at radius 3 is 2.46 bits per heavy atom. The van der Waals surface area contributed by atoms with Gasteiger partial charge in [-0.25, -0.2) is 0 Å². The van der Waals surface area contributed by atoms with Gasteiger partial charge in [0, 0.05) is 36.0 Å². The van der Waals surface area contributed by atoms with Crippen molar-refractivity contribution in [3.8, 4) is 0 Å². The molecule has 3 N–H and O–H groups in total. The molecular formula is C19H24N4O. The van der Waals surface area contributed by atoms with Crippen LogP contribution < -0.4 is 16.0 Å². The molecule has 0 fully saturated rings. The molecule has 24 heavy (non-hydrogen) atoms. The Morgan fingerprint density at radius 2 is 1.79 bits per heavy atom. The van der Waals surface area contributed by atoms with Crippen LogP contribution in [0.5, 0.6) is 0 Å². The molecule has 1 aromatic carbocycles. The molecule has 5 nitrogen and oxygen atoms in total. The summed E-state index contributed by atoms with van der Waals surface area (Å²) in [5, 5.41) is 4.30. The van der Waals surface area contributed by atoms with Crippen molar-refractivity contribution < 1.29 is 4.42 Å². The van der Waals surface area contributed by atoms with Crippen LogP contribution in [0.2, 0.25) is 0 Å². The van der Waals surface area contributed by atoms with Gasteiger partial charge in [-0.05, 0) is 43.2 Å². The molecule has 3 aromatic rings. The van der Waals surface area contributed by atoms with Crippen molar-refractivity contribution >= 4 is 33.9 Å². The minimum Gasteiger partial charge on any atom is -0.437 e. The predicted molar refractivity (Wildman–Crippen MR) is 101 cm³/mol. The second kappa shape index (κ2) is 7.25. The zero-order valence-electron chi connectivity index (χ0n) is 14.2. The Kier molecular flexibility index (Phi) is 4.89. The van der Waals surface area contributed by atoms with Crippen LogP contribution in [0.3, 0.4) is 0 Å². The van der Waals surface area contributed by atoms with E-state index in [0.29, 0.717) is 11.5 Å². The van der Waals surface area contributed by atoms with Gasteiger partial charge in [-0.2, -0.15) is 0 Å². The van der Waals surface area contributed by atoms with Gasteiger partial charge >= 0.3 is 0 Å². The van der Waals surface area contributed by atoms with Gasteiger partial charge in [-0.15, -0.1) is 0 Å². The van der Waals surface area contributed by atoms with Crippen LogP contribution in [-0.2, 0) is 0 Å². The van der Waals surface area contributed by atoms with Crippen LogP contribution in [0.25, 0.3) is 11.0 Å². The van der Waals surface area contributed by atoms with Crippen LogP contribution in [0, 0.1) is 0 Å². The quantitative estimate of drug-likeness (QED) is 0.654. The highest BCUT2D eigenvalue weighted by Crippen LogP contribution is 2.34. The first-order valence-corrected chi connectivity index (χ1v) is 8.47. The van der Waals surface area contributed by atoms with Gasteiger partial charge in [-0.1, -0.05) is 13.8 Å². The maximum atomic E-state index is 5.99. The number of furan rings is 1. The number of rotatable bonds is 7. The van der Waals surface area contributed by atoms with E-state index in [9.17, 15) is 0 Å². The third kappa shape index (κ3) is 3.30. The van der Waals surface area contributed by atoms with Crippen molar-refractivity contribution in [1.82, 2.24) is 4.98 Å². The summed E-state index contributed by atoms with van der Waals surface area (Å²) in [6, 6.07) is 10.3. The Hall–Kier alpha value is -2.69. The number of pyridine rings is 1. The van der Waals surface area contributed by atoms with E-state index >= 15 is 0 Å². The number of fused-ring (bicyclic) bond motifs is 1. The average molecular weight is 324 g/mol. The van der Waals surface area contributed by atoms with Crippen molar-refractivity contribution in [1.29, 1.82) is 0 Å². The fraction of sp³-hybridized carbons (Fsp3) is 0.316. The van der Waals surface area contributed by atoms with Crippen molar-refractivity contribution in [3.05, 3.63) is 42.7 Å². The zero-order valence-corrected chi connectivity index (χ0v) is 14.2. The molecule has 5 heteroatoms. The largest absolute Gasteiger partial charge is 0.437 e. The standard InChI is InChI=1S/C19H24N4O/c1-3-11-23(12-4-2)15-7-5-14(6-8-15)22-18-16-9-10-21-13-17(16)24-19(18)20/h5-10,13,22H,3-4,11-12,20H2,1-2H3. The predicted octanol–water partition coefficient (Wildman–Crippen LogP) is 4.78. The summed E-state index contributed by atoms with van der Waals surface area (Å²) in [7, 11) is 0. The Labute approximate surface area is 142 Å². The minimum atomic E-state index is 0.376. The maximum Gasteiger partial charge on any atom is 0.215 e. The Morgan fingerprint density at radius 1 is 1.08 bits per heavy atom. The maximum absolute atomic E-state index is 5.99. The van der Waals surface area contributed by atoms with Gasteiger partial charge < -0.3 is 20.4 Å². The van der Waals surface area contributed by atoms with Gasteiger partial charge in [0.25, 0.3) is 0 Å². The van der Waals surface area contributed by atoms with Crippen molar-refractivity contribution in [2.45, 2.75) is 26.7 Å². The monoisotopic (exact) mass is 324 g/mol. The Balaban J connectivity index is 1.82. The van der Waals surface area contributed by atoms with Gasteiger partial charge in [0.2, 0.25) is 5.88 Å². The molecule has 0 saturated heterocycles. The number of hydrogen-bond acceptors (Lipinski definition) is 5. The lowest BCUT2D eigenvalue weighted by molar-refractivity contribution is 0.636. The first-order valence-electron chi connectivity index (χ1n) is 8.47. The van der Waals surface area contributed by atoms with Crippen molar-refractivity contribution in [3.63, 3.8) is 0 Å². The van der Waals surface area contributed by atoms with E-state index in [0.717, 1.165) is 42.7 Å². The van der Waals surface area contributed by atoms with Crippen molar-refractivity contribution in [2.24, 2.45) is 0 Å². The third-order valence-electron chi connectivity index (χ3n) is 4.01. The summed E-state index contributed by atoms with van der Waals surface area (Å²) in [5.41, 5.74) is 9.70. The molecule has 0 aliphatic rings. The second-order valence-electron chi connectivity index (χ2n) is 5.87. The number of nitrogens with zero attached hydrogens (tertiary/aromatic N) is 2. The molecule has 0 radical (unpaired) electrons. The van der Waals surface area contributed by atoms with Crippen LogP contribution in [0.4, 0.5) is 22.9 Å². The lowest BCUT2D eigenvalue weighted by atomic mass is 10.2. The highest BCUT2D eigenvalue weighted by atomic mass is 16.3. The number of benzene rings is 1. The number of anilines is 4. The minimum absolute atomic E-state index is 0.376. The van der Waals surface area contributed by atoms with E-state index < -0.39 is 0 Å². The molecule has 0 aliphatic heterocycles. The van der Waals surface area contributed by atoms with Crippen molar-refractivity contribution in [2.75, 3.05) is 29.0 Å². The fourth-order valence-electron chi connectivity index (χ4n) is 2.91. The number of nitrogens with two attached hydrogens (primary N) is 1. The van der Waals surface area contributed by atoms with Gasteiger partial charge in [0.05, 0.1) is 6.20 Å². The van der Waals surface area contributed by atoms with Crippen LogP contribution in [0.15, 0.2) is 47.1 Å². The highest BCUT2D eigenvalue weighted by Gasteiger charge is 2.12. The van der Waals surface area contributed by atoms with E-state index in [4.69, 9.17) is 10.2 Å². The summed E-state index contributed by atoms with van der Waals surface area (Å²) < 4.78 is 5.54. The fourth-order valence-corrected chi connectivity index (χ4v) is 2.91. The molecule has 0 spiro atoms. The molecule has 0 aliphatic carbocycles. The molecule has 3 rings (SSSR count). The van der Waals surface area contributed by atoms with Crippen LogP contribution in [0.1, 0.15) is 26.7 Å². The number of hydrogen-bond donors (Lipinski definition) is 2. The second-order valence-corrected chi connectivity index (χ2v) is 5.87. The molecule has 2 heterocycles. The average Bonchev–Trinajstić information content (AvgIpc) is 2.91. The van der Waals surface area contributed by atoms with E-state index in [1.165, 1.54) is 5.69 Å². The van der Waals surface area contributed by atoms with E-state index in [2.05, 4.69) is 53.3 Å². The topological polar surface area (TPSA) is 67.3 Å². The molecule has 0 amide bonds. The van der Waals surface area contributed by atoms with Gasteiger partial charge in [0.15, 0.2) is 5.58 Å². The zero-order chi connectivity index (χ0) is 16.9. The summed E-state index contributed by atoms with van der Waals surface area (Å²) in [4.78, 5) is 6.47. The summed E-state index contributed by atoms with van der Waals surface area (Å²) in [5.74, 6) is 0.376. The molecule has 0 atom stereocenters. The lowest BCUT2D eigenvalue weighted by Gasteiger charge is -2.24.